The van der Waals surface area contributed by atoms with Crippen LogP contribution in [0.15, 0.2) is 0 Å². The fourth-order valence-electron chi connectivity index (χ4n) is 2.25. The molecule has 0 aromatic heterocycles. The van der Waals surface area contributed by atoms with Gasteiger partial charge in [0, 0.05) is 19.1 Å². The van der Waals surface area contributed by atoms with E-state index in [4.69, 9.17) is 4.74 Å². The van der Waals surface area contributed by atoms with Gasteiger partial charge >= 0.3 is 0 Å². The molecule has 0 radical (unpaired) electrons. The van der Waals surface area contributed by atoms with Crippen molar-refractivity contribution in [2.45, 2.75) is 31.8 Å². The summed E-state index contributed by atoms with van der Waals surface area (Å²) in [5, 5.41) is 6.26. The molecular formula is C11H20N2O2. The van der Waals surface area contributed by atoms with Gasteiger partial charge in [-0.1, -0.05) is 0 Å². The number of ether oxygens (including phenoxy) is 1. The molecule has 0 bridgehead atoms. The van der Waals surface area contributed by atoms with Crippen LogP contribution in [-0.4, -0.2) is 38.3 Å². The van der Waals surface area contributed by atoms with Crippen LogP contribution in [0.25, 0.3) is 0 Å². The minimum absolute atomic E-state index is 0.215. The van der Waals surface area contributed by atoms with E-state index in [0.29, 0.717) is 6.54 Å². The zero-order valence-corrected chi connectivity index (χ0v) is 9.13. The molecule has 2 fully saturated rings. The van der Waals surface area contributed by atoms with Gasteiger partial charge in [-0.05, 0) is 38.8 Å². The van der Waals surface area contributed by atoms with E-state index in [2.05, 4.69) is 10.6 Å². The smallest absolute Gasteiger partial charge is 0.223 e. The van der Waals surface area contributed by atoms with E-state index in [1.54, 1.807) is 0 Å². The molecule has 2 rings (SSSR count). The fraction of sp³-hybridized carbons (Fsp3) is 0.909. The number of amides is 1. The van der Waals surface area contributed by atoms with Crippen LogP contribution in [-0.2, 0) is 9.53 Å². The summed E-state index contributed by atoms with van der Waals surface area (Å²) in [6, 6.07) is 0. The molecule has 4 heteroatoms. The average Bonchev–Trinajstić information content (AvgIpc) is 2.80. The van der Waals surface area contributed by atoms with Crippen LogP contribution in [0, 0.1) is 5.92 Å². The van der Waals surface area contributed by atoms with Crippen molar-refractivity contribution >= 4 is 5.91 Å². The summed E-state index contributed by atoms with van der Waals surface area (Å²) in [7, 11) is 0. The topological polar surface area (TPSA) is 50.4 Å². The maximum atomic E-state index is 11.8. The van der Waals surface area contributed by atoms with Gasteiger partial charge in [0.15, 0.2) is 0 Å². The monoisotopic (exact) mass is 212 g/mol. The zero-order chi connectivity index (χ0) is 10.5. The van der Waals surface area contributed by atoms with Gasteiger partial charge in [-0.25, -0.2) is 0 Å². The molecule has 4 nitrogen and oxygen atoms in total. The lowest BCUT2D eigenvalue weighted by atomic mass is 9.97. The van der Waals surface area contributed by atoms with Gasteiger partial charge in [0.2, 0.25) is 5.91 Å². The molecule has 1 unspecified atom stereocenters. The predicted octanol–water partition coefficient (Wildman–Crippen LogP) is 0.281. The SMILES string of the molecule is O=C(NCC1CCCO1)C1CCNCC1. The molecule has 1 atom stereocenters. The summed E-state index contributed by atoms with van der Waals surface area (Å²) in [6.07, 6.45) is 4.42. The van der Waals surface area contributed by atoms with Crippen molar-refractivity contribution in [3.8, 4) is 0 Å². The minimum Gasteiger partial charge on any atom is -0.376 e. The van der Waals surface area contributed by atoms with Crippen LogP contribution in [0.1, 0.15) is 25.7 Å². The Morgan fingerprint density at radius 3 is 2.80 bits per heavy atom. The number of carbonyl (C=O) groups is 1. The number of rotatable bonds is 3. The number of hydrogen-bond donors (Lipinski definition) is 2. The first-order valence-electron chi connectivity index (χ1n) is 5.96. The van der Waals surface area contributed by atoms with Crippen LogP contribution in [0.5, 0.6) is 0 Å². The summed E-state index contributed by atoms with van der Waals surface area (Å²) in [6.45, 7) is 3.49. The number of nitrogens with one attached hydrogen (secondary N) is 2. The van der Waals surface area contributed by atoms with E-state index in [-0.39, 0.29) is 17.9 Å². The van der Waals surface area contributed by atoms with Crippen molar-refractivity contribution in [3.63, 3.8) is 0 Å². The molecule has 15 heavy (non-hydrogen) atoms. The Morgan fingerprint density at radius 1 is 1.33 bits per heavy atom. The van der Waals surface area contributed by atoms with E-state index in [0.717, 1.165) is 45.4 Å². The molecular weight excluding hydrogens is 192 g/mol. The van der Waals surface area contributed by atoms with Gasteiger partial charge in [0.05, 0.1) is 6.10 Å². The van der Waals surface area contributed by atoms with Crippen molar-refractivity contribution < 1.29 is 9.53 Å². The molecule has 0 aromatic rings. The summed E-state index contributed by atoms with van der Waals surface area (Å²) < 4.78 is 5.46. The molecule has 86 valence electrons. The normalized spacial score (nSPS) is 27.9. The lowest BCUT2D eigenvalue weighted by molar-refractivity contribution is -0.126. The Kier molecular flexibility index (Phi) is 3.97. The molecule has 2 saturated heterocycles. The van der Waals surface area contributed by atoms with Gasteiger partial charge in [0.25, 0.3) is 0 Å². The van der Waals surface area contributed by atoms with Crippen LogP contribution in [0.4, 0.5) is 0 Å². The van der Waals surface area contributed by atoms with Gasteiger partial charge in [-0.2, -0.15) is 0 Å². The lowest BCUT2D eigenvalue weighted by Gasteiger charge is -2.22. The van der Waals surface area contributed by atoms with Crippen molar-refractivity contribution in [3.05, 3.63) is 0 Å². The highest BCUT2D eigenvalue weighted by Gasteiger charge is 2.22. The van der Waals surface area contributed by atoms with Crippen LogP contribution < -0.4 is 10.6 Å². The highest BCUT2D eigenvalue weighted by Crippen LogP contribution is 2.13. The summed E-state index contributed by atoms with van der Waals surface area (Å²) in [4.78, 5) is 11.8. The van der Waals surface area contributed by atoms with Gasteiger partial charge in [-0.3, -0.25) is 4.79 Å². The second-order valence-electron chi connectivity index (χ2n) is 4.40. The second kappa shape index (κ2) is 5.47. The molecule has 2 aliphatic heterocycles. The second-order valence-corrected chi connectivity index (χ2v) is 4.40. The number of piperidine rings is 1. The maximum Gasteiger partial charge on any atom is 0.223 e. The maximum absolute atomic E-state index is 11.8. The van der Waals surface area contributed by atoms with Crippen molar-refractivity contribution in [2.75, 3.05) is 26.2 Å². The Morgan fingerprint density at radius 2 is 2.13 bits per heavy atom. The van der Waals surface area contributed by atoms with Crippen LogP contribution in [0.3, 0.4) is 0 Å². The molecule has 0 aromatic carbocycles. The minimum atomic E-state index is 0.215. The Bertz CT molecular complexity index is 209. The molecule has 2 heterocycles. The van der Waals surface area contributed by atoms with Crippen LogP contribution in [0.2, 0.25) is 0 Å². The standard InChI is InChI=1S/C11H20N2O2/c14-11(9-3-5-12-6-4-9)13-8-10-2-1-7-15-10/h9-10,12H,1-8H2,(H,13,14). The average molecular weight is 212 g/mol. The Labute approximate surface area is 90.8 Å². The molecule has 0 aliphatic carbocycles. The van der Waals surface area contributed by atoms with Gasteiger partial charge in [0.1, 0.15) is 0 Å². The molecule has 2 aliphatic rings. The quantitative estimate of drug-likeness (QED) is 0.706. The van der Waals surface area contributed by atoms with E-state index in [1.807, 2.05) is 0 Å². The predicted molar refractivity (Wildman–Crippen MR) is 57.6 cm³/mol. The number of hydrogen-bond acceptors (Lipinski definition) is 3. The van der Waals surface area contributed by atoms with E-state index in [9.17, 15) is 4.79 Å². The fourth-order valence-corrected chi connectivity index (χ4v) is 2.25. The summed E-state index contributed by atoms with van der Waals surface area (Å²) in [5.74, 6) is 0.430. The highest BCUT2D eigenvalue weighted by atomic mass is 16.5. The summed E-state index contributed by atoms with van der Waals surface area (Å²) in [5.41, 5.74) is 0. The van der Waals surface area contributed by atoms with Gasteiger partial charge in [-0.15, -0.1) is 0 Å². The van der Waals surface area contributed by atoms with Crippen molar-refractivity contribution in [1.29, 1.82) is 0 Å². The Balaban J connectivity index is 1.66. The van der Waals surface area contributed by atoms with E-state index < -0.39 is 0 Å². The summed E-state index contributed by atoms with van der Waals surface area (Å²) >= 11 is 0. The van der Waals surface area contributed by atoms with E-state index in [1.165, 1.54) is 0 Å². The third kappa shape index (κ3) is 3.18. The van der Waals surface area contributed by atoms with Crippen molar-refractivity contribution in [2.24, 2.45) is 5.92 Å². The largest absolute Gasteiger partial charge is 0.376 e. The molecule has 0 saturated carbocycles. The van der Waals surface area contributed by atoms with Crippen molar-refractivity contribution in [1.82, 2.24) is 10.6 Å². The first-order valence-corrected chi connectivity index (χ1v) is 5.96. The molecule has 2 N–H and O–H groups in total. The van der Waals surface area contributed by atoms with Gasteiger partial charge < -0.3 is 15.4 Å². The third-order valence-electron chi connectivity index (χ3n) is 3.24. The molecule has 0 spiro atoms. The third-order valence-corrected chi connectivity index (χ3v) is 3.24. The zero-order valence-electron chi connectivity index (χ0n) is 9.13. The highest BCUT2D eigenvalue weighted by molar-refractivity contribution is 5.78. The Hall–Kier alpha value is -0.610. The first kappa shape index (κ1) is 10.9. The van der Waals surface area contributed by atoms with Crippen LogP contribution >= 0.6 is 0 Å². The van der Waals surface area contributed by atoms with E-state index >= 15 is 0 Å². The lowest BCUT2D eigenvalue weighted by Crippen LogP contribution is -2.40. The number of carbonyl (C=O) groups excluding carboxylic acids is 1. The first-order chi connectivity index (χ1) is 7.36. The molecule has 1 amide bonds.